The third-order valence-electron chi connectivity index (χ3n) is 4.09. The first-order chi connectivity index (χ1) is 9.56. The van der Waals surface area contributed by atoms with Gasteiger partial charge in [-0.1, -0.05) is 35.2 Å². The second-order valence-corrected chi connectivity index (χ2v) is 6.49. The zero-order valence-corrected chi connectivity index (χ0v) is 14.3. The molecule has 1 fully saturated rings. The average Bonchev–Trinajstić information content (AvgIpc) is 2.47. The van der Waals surface area contributed by atoms with Crippen molar-refractivity contribution in [2.75, 3.05) is 26.0 Å². The Morgan fingerprint density at radius 3 is 2.30 bits per heavy atom. The molecule has 0 atom stereocenters. The first kappa shape index (κ1) is 17.5. The molecule has 0 bridgehead atoms. The molecule has 5 heteroatoms. The van der Waals surface area contributed by atoms with Gasteiger partial charge < -0.3 is 9.80 Å². The van der Waals surface area contributed by atoms with E-state index in [0.29, 0.717) is 12.5 Å². The number of carbonyl (C=O) groups is 2. The van der Waals surface area contributed by atoms with Crippen molar-refractivity contribution in [2.24, 2.45) is 0 Å². The summed E-state index contributed by atoms with van der Waals surface area (Å²) in [5, 5.41) is 0.924. The summed E-state index contributed by atoms with van der Waals surface area (Å²) in [5.74, 6) is 0.129. The first-order valence-corrected chi connectivity index (χ1v) is 8.74. The molecule has 1 aliphatic rings. The topological polar surface area (TPSA) is 40.6 Å². The molecule has 0 spiro atoms. The van der Waals surface area contributed by atoms with Crippen molar-refractivity contribution in [3.8, 4) is 0 Å². The number of likely N-dealkylation sites (N-methyl/N-ethyl adjacent to an activating group) is 2. The number of rotatable bonds is 7. The fraction of sp³-hybridized carbons (Fsp3) is 0.867. The Balaban J connectivity index is 2.33. The van der Waals surface area contributed by atoms with E-state index in [1.165, 1.54) is 19.3 Å². The molecule has 0 aliphatic heterocycles. The molecule has 0 N–H and O–H groups in total. The van der Waals surface area contributed by atoms with Crippen LogP contribution < -0.4 is 0 Å². The molecule has 0 saturated heterocycles. The minimum atomic E-state index is 0.0632. The molecule has 0 aromatic carbocycles. The van der Waals surface area contributed by atoms with Crippen molar-refractivity contribution >= 4 is 27.7 Å². The number of unbranched alkanes of at least 4 members (excludes halogenated alkanes) is 1. The summed E-state index contributed by atoms with van der Waals surface area (Å²) in [6.07, 6.45) is 8.31. The molecule has 4 nitrogen and oxygen atoms in total. The third kappa shape index (κ3) is 5.81. The van der Waals surface area contributed by atoms with Crippen LogP contribution in [0.2, 0.25) is 0 Å². The minimum absolute atomic E-state index is 0.0632. The molecule has 0 aromatic heterocycles. The maximum atomic E-state index is 12.2. The smallest absolute Gasteiger partial charge is 0.242 e. The van der Waals surface area contributed by atoms with E-state index in [9.17, 15) is 9.59 Å². The van der Waals surface area contributed by atoms with Crippen molar-refractivity contribution in [3.63, 3.8) is 0 Å². The van der Waals surface area contributed by atoms with Gasteiger partial charge >= 0.3 is 0 Å². The second kappa shape index (κ2) is 9.37. The summed E-state index contributed by atoms with van der Waals surface area (Å²) < 4.78 is 0. The normalized spacial score (nSPS) is 15.9. The van der Waals surface area contributed by atoms with E-state index < -0.39 is 0 Å². The van der Waals surface area contributed by atoms with Crippen LogP contribution in [0, 0.1) is 0 Å². The molecule has 0 heterocycles. The summed E-state index contributed by atoms with van der Waals surface area (Å²) in [6, 6.07) is 0.369. The van der Waals surface area contributed by atoms with Crippen LogP contribution in [0.4, 0.5) is 0 Å². The van der Waals surface area contributed by atoms with Gasteiger partial charge in [-0.2, -0.15) is 0 Å². The van der Waals surface area contributed by atoms with E-state index in [0.717, 1.165) is 31.0 Å². The van der Waals surface area contributed by atoms with E-state index in [1.807, 2.05) is 11.9 Å². The van der Waals surface area contributed by atoms with E-state index in [4.69, 9.17) is 0 Å². The highest BCUT2D eigenvalue weighted by Crippen LogP contribution is 2.21. The predicted molar refractivity (Wildman–Crippen MR) is 84.9 cm³/mol. The van der Waals surface area contributed by atoms with Crippen LogP contribution >= 0.6 is 15.9 Å². The van der Waals surface area contributed by atoms with Gasteiger partial charge in [-0.25, -0.2) is 0 Å². The van der Waals surface area contributed by atoms with Gasteiger partial charge in [0.1, 0.15) is 0 Å². The monoisotopic (exact) mass is 346 g/mol. The second-order valence-electron chi connectivity index (χ2n) is 5.69. The summed E-state index contributed by atoms with van der Waals surface area (Å²) in [7, 11) is 3.60. The van der Waals surface area contributed by atoms with Gasteiger partial charge in [0.05, 0.1) is 6.54 Å². The Hall–Kier alpha value is -0.580. The van der Waals surface area contributed by atoms with Crippen molar-refractivity contribution < 1.29 is 9.59 Å². The molecule has 20 heavy (non-hydrogen) atoms. The zero-order chi connectivity index (χ0) is 15.0. The van der Waals surface area contributed by atoms with Crippen LogP contribution in [0.25, 0.3) is 0 Å². The summed E-state index contributed by atoms with van der Waals surface area (Å²) in [5.41, 5.74) is 0. The highest BCUT2D eigenvalue weighted by molar-refractivity contribution is 9.09. The van der Waals surface area contributed by atoms with Crippen molar-refractivity contribution in [2.45, 2.75) is 57.4 Å². The SMILES string of the molecule is CN(CC(=O)N(C)C1CCCCC1)C(=O)CCCCBr. The van der Waals surface area contributed by atoms with E-state index in [1.54, 1.807) is 11.9 Å². The Bertz CT molecular complexity index is 317. The van der Waals surface area contributed by atoms with Gasteiger partial charge in [0.2, 0.25) is 11.8 Å². The number of halogens is 1. The molecule has 2 amide bonds. The number of nitrogens with zero attached hydrogens (tertiary/aromatic N) is 2. The molecule has 0 unspecified atom stereocenters. The van der Waals surface area contributed by atoms with Gasteiger partial charge in [0.15, 0.2) is 0 Å². The number of carbonyl (C=O) groups excluding carboxylic acids is 2. The fourth-order valence-corrected chi connectivity index (χ4v) is 3.03. The van der Waals surface area contributed by atoms with Crippen LogP contribution in [-0.2, 0) is 9.59 Å². The lowest BCUT2D eigenvalue weighted by molar-refractivity contribution is -0.140. The van der Waals surface area contributed by atoms with Crippen LogP contribution in [0.3, 0.4) is 0 Å². The van der Waals surface area contributed by atoms with Crippen molar-refractivity contribution in [3.05, 3.63) is 0 Å². The number of hydrogen-bond acceptors (Lipinski definition) is 2. The van der Waals surface area contributed by atoms with E-state index >= 15 is 0 Å². The number of hydrogen-bond donors (Lipinski definition) is 0. The van der Waals surface area contributed by atoms with Crippen molar-refractivity contribution in [1.29, 1.82) is 0 Å². The lowest BCUT2D eigenvalue weighted by Gasteiger charge is -2.32. The predicted octanol–water partition coefficient (Wildman–Crippen LogP) is 2.80. The third-order valence-corrected chi connectivity index (χ3v) is 4.65. The lowest BCUT2D eigenvalue weighted by atomic mass is 9.94. The zero-order valence-electron chi connectivity index (χ0n) is 12.7. The van der Waals surface area contributed by atoms with Crippen LogP contribution in [0.15, 0.2) is 0 Å². The van der Waals surface area contributed by atoms with Crippen LogP contribution in [0.5, 0.6) is 0 Å². The molecular weight excluding hydrogens is 320 g/mol. The molecule has 0 aromatic rings. The Labute approximate surface area is 131 Å². The molecule has 1 rings (SSSR count). The summed E-state index contributed by atoms with van der Waals surface area (Å²) >= 11 is 3.35. The summed E-state index contributed by atoms with van der Waals surface area (Å²) in [6.45, 7) is 0.208. The van der Waals surface area contributed by atoms with E-state index in [2.05, 4.69) is 15.9 Å². The van der Waals surface area contributed by atoms with Crippen LogP contribution in [0.1, 0.15) is 51.4 Å². The van der Waals surface area contributed by atoms with Gasteiger partial charge in [-0.3, -0.25) is 9.59 Å². The summed E-state index contributed by atoms with van der Waals surface area (Å²) in [4.78, 5) is 27.5. The number of alkyl halides is 1. The molecular formula is C15H27BrN2O2. The Morgan fingerprint density at radius 2 is 1.70 bits per heavy atom. The minimum Gasteiger partial charge on any atom is -0.341 e. The Morgan fingerprint density at radius 1 is 1.05 bits per heavy atom. The lowest BCUT2D eigenvalue weighted by Crippen LogP contribution is -2.44. The standard InChI is InChI=1S/C15H27BrN2O2/c1-17(14(19)10-6-7-11-16)12-15(20)18(2)13-8-4-3-5-9-13/h13H,3-12H2,1-2H3. The molecule has 0 radical (unpaired) electrons. The highest BCUT2D eigenvalue weighted by Gasteiger charge is 2.23. The van der Waals surface area contributed by atoms with Gasteiger partial charge in [-0.15, -0.1) is 0 Å². The molecule has 1 saturated carbocycles. The van der Waals surface area contributed by atoms with Crippen LogP contribution in [-0.4, -0.2) is 53.6 Å². The average molecular weight is 347 g/mol. The highest BCUT2D eigenvalue weighted by atomic mass is 79.9. The molecule has 116 valence electrons. The van der Waals surface area contributed by atoms with Crippen molar-refractivity contribution in [1.82, 2.24) is 9.80 Å². The maximum Gasteiger partial charge on any atom is 0.242 e. The van der Waals surface area contributed by atoms with Gasteiger partial charge in [0.25, 0.3) is 0 Å². The maximum absolute atomic E-state index is 12.2. The Kier molecular flexibility index (Phi) is 8.19. The largest absolute Gasteiger partial charge is 0.341 e. The molecule has 1 aliphatic carbocycles. The quantitative estimate of drug-likeness (QED) is 0.525. The fourth-order valence-electron chi connectivity index (χ4n) is 2.64. The van der Waals surface area contributed by atoms with E-state index in [-0.39, 0.29) is 18.4 Å². The number of amides is 2. The van der Waals surface area contributed by atoms with Gasteiger partial charge in [0, 0.05) is 31.9 Å². The van der Waals surface area contributed by atoms with Gasteiger partial charge in [-0.05, 0) is 25.7 Å². The first-order valence-electron chi connectivity index (χ1n) is 7.62.